The van der Waals surface area contributed by atoms with Gasteiger partial charge in [-0.25, -0.2) is 0 Å². The molecule has 1 aromatic rings. The Labute approximate surface area is 88.8 Å². The molecule has 14 heavy (non-hydrogen) atoms. The Morgan fingerprint density at radius 3 is 2.21 bits per heavy atom. The average molecular weight is 209 g/mol. The molecule has 0 spiro atoms. The van der Waals surface area contributed by atoms with Gasteiger partial charge in [-0.15, -0.1) is 0 Å². The molecule has 0 radical (unpaired) electrons. The zero-order chi connectivity index (χ0) is 9.97. The molecule has 76 valence electrons. The molecule has 1 aromatic carbocycles. The molecule has 1 heterocycles. The van der Waals surface area contributed by atoms with Crippen molar-refractivity contribution in [3.63, 3.8) is 0 Å². The Kier molecular flexibility index (Phi) is 3.14. The Balaban J connectivity index is 2.11. The van der Waals surface area contributed by atoms with Crippen molar-refractivity contribution in [2.45, 2.75) is 31.0 Å². The fourth-order valence-electron chi connectivity index (χ4n) is 1.92. The predicted octanol–water partition coefficient (Wildman–Crippen LogP) is 2.47. The van der Waals surface area contributed by atoms with Crippen LogP contribution in [0.1, 0.15) is 13.8 Å². The summed E-state index contributed by atoms with van der Waals surface area (Å²) >= 11 is 0. The molecule has 1 fully saturated rings. The summed E-state index contributed by atoms with van der Waals surface area (Å²) in [4.78, 5) is 1.49. The highest BCUT2D eigenvalue weighted by Gasteiger charge is 2.33. The zero-order valence-electron chi connectivity index (χ0n) is 8.77. The van der Waals surface area contributed by atoms with Crippen LogP contribution in [0.2, 0.25) is 0 Å². The average Bonchev–Trinajstić information content (AvgIpc) is 2.18. The maximum Gasteiger partial charge on any atom is 0.155 e. The smallest absolute Gasteiger partial charge is 0.155 e. The summed E-state index contributed by atoms with van der Waals surface area (Å²) in [6.07, 6.45) is 0.838. The summed E-state index contributed by atoms with van der Waals surface area (Å²) < 4.78 is 5.74. The molecule has 1 saturated heterocycles. The Bertz CT molecular complexity index is 276. The zero-order valence-corrected chi connectivity index (χ0v) is 9.59. The molecular formula is C12H17OS+. The van der Waals surface area contributed by atoms with Gasteiger partial charge in [0.15, 0.2) is 4.90 Å². The molecule has 2 rings (SSSR count). The van der Waals surface area contributed by atoms with Gasteiger partial charge in [-0.2, -0.15) is 0 Å². The van der Waals surface area contributed by atoms with Gasteiger partial charge < -0.3 is 4.74 Å². The van der Waals surface area contributed by atoms with Crippen LogP contribution in [0.4, 0.5) is 0 Å². The molecule has 1 nitrogen and oxygen atoms in total. The standard InChI is InChI=1S/C12H17OS/c1-10-8-14(9-11(2)13-10)12-6-4-3-5-7-12/h3-7,10-11H,8-9H2,1-2H3/q+1. The second-order valence-electron chi connectivity index (χ2n) is 3.90. The van der Waals surface area contributed by atoms with Crippen LogP contribution in [0.5, 0.6) is 0 Å². The first kappa shape index (κ1) is 10.1. The molecule has 2 atom stereocenters. The second-order valence-corrected chi connectivity index (χ2v) is 6.02. The first-order valence-electron chi connectivity index (χ1n) is 5.13. The third-order valence-corrected chi connectivity index (χ3v) is 5.10. The van der Waals surface area contributed by atoms with Crippen LogP contribution in [0.25, 0.3) is 0 Å². The van der Waals surface area contributed by atoms with Crippen molar-refractivity contribution in [2.75, 3.05) is 11.5 Å². The van der Waals surface area contributed by atoms with Crippen LogP contribution in [0.3, 0.4) is 0 Å². The van der Waals surface area contributed by atoms with Crippen molar-refractivity contribution in [2.24, 2.45) is 0 Å². The van der Waals surface area contributed by atoms with Crippen molar-refractivity contribution >= 4 is 10.9 Å². The van der Waals surface area contributed by atoms with Crippen LogP contribution >= 0.6 is 0 Å². The minimum absolute atomic E-state index is 0.407. The molecule has 1 aliphatic rings. The van der Waals surface area contributed by atoms with E-state index in [0.29, 0.717) is 23.1 Å². The number of ether oxygens (including phenoxy) is 1. The molecule has 1 aliphatic heterocycles. The van der Waals surface area contributed by atoms with Crippen molar-refractivity contribution in [1.29, 1.82) is 0 Å². The Morgan fingerprint density at radius 1 is 1.07 bits per heavy atom. The van der Waals surface area contributed by atoms with Crippen LogP contribution in [0.15, 0.2) is 35.2 Å². The fourth-order valence-corrected chi connectivity index (χ4v) is 4.27. The highest BCUT2D eigenvalue weighted by molar-refractivity contribution is 7.97. The Hall–Kier alpha value is -0.470. The number of rotatable bonds is 1. The topological polar surface area (TPSA) is 9.23 Å². The van der Waals surface area contributed by atoms with E-state index in [1.165, 1.54) is 16.4 Å². The van der Waals surface area contributed by atoms with Crippen molar-refractivity contribution in [3.8, 4) is 0 Å². The van der Waals surface area contributed by atoms with Crippen molar-refractivity contribution < 1.29 is 4.74 Å². The number of benzene rings is 1. The summed E-state index contributed by atoms with van der Waals surface area (Å²) in [7, 11) is 0.407. The van der Waals surface area contributed by atoms with Gasteiger partial charge in [0.05, 0.1) is 0 Å². The lowest BCUT2D eigenvalue weighted by atomic mass is 10.4. The van der Waals surface area contributed by atoms with Gasteiger partial charge in [0.2, 0.25) is 0 Å². The number of hydrogen-bond donors (Lipinski definition) is 0. The molecular weight excluding hydrogens is 192 g/mol. The Morgan fingerprint density at radius 2 is 1.64 bits per heavy atom. The quantitative estimate of drug-likeness (QED) is 0.646. The summed E-state index contributed by atoms with van der Waals surface area (Å²) in [5, 5.41) is 0. The van der Waals surface area contributed by atoms with Crippen LogP contribution in [0, 0.1) is 0 Å². The predicted molar refractivity (Wildman–Crippen MR) is 61.8 cm³/mol. The number of hydrogen-bond acceptors (Lipinski definition) is 1. The molecule has 0 aliphatic carbocycles. The van der Waals surface area contributed by atoms with E-state index >= 15 is 0 Å². The SMILES string of the molecule is CC1C[S+](c2ccccc2)CC(C)O1. The maximum absolute atomic E-state index is 5.74. The van der Waals surface area contributed by atoms with Crippen LogP contribution in [-0.2, 0) is 15.6 Å². The van der Waals surface area contributed by atoms with Gasteiger partial charge in [0, 0.05) is 10.9 Å². The molecule has 0 bridgehead atoms. The summed E-state index contributed by atoms with van der Waals surface area (Å²) in [5.41, 5.74) is 0. The highest BCUT2D eigenvalue weighted by Crippen LogP contribution is 2.22. The third-order valence-electron chi connectivity index (χ3n) is 2.41. The molecule has 0 aromatic heterocycles. The van der Waals surface area contributed by atoms with Gasteiger partial charge in [-0.05, 0) is 26.0 Å². The molecule has 0 amide bonds. The van der Waals surface area contributed by atoms with Crippen molar-refractivity contribution in [3.05, 3.63) is 30.3 Å². The lowest BCUT2D eigenvalue weighted by Crippen LogP contribution is -2.38. The molecule has 0 N–H and O–H groups in total. The van der Waals surface area contributed by atoms with Gasteiger partial charge in [0.25, 0.3) is 0 Å². The second kappa shape index (κ2) is 4.37. The fraction of sp³-hybridized carbons (Fsp3) is 0.500. The normalized spacial score (nSPS) is 32.9. The minimum atomic E-state index is 0.407. The van der Waals surface area contributed by atoms with E-state index < -0.39 is 0 Å². The highest BCUT2D eigenvalue weighted by atomic mass is 32.2. The summed E-state index contributed by atoms with van der Waals surface area (Å²) in [6, 6.07) is 10.8. The van der Waals surface area contributed by atoms with E-state index in [9.17, 15) is 0 Å². The van der Waals surface area contributed by atoms with E-state index in [-0.39, 0.29) is 0 Å². The van der Waals surface area contributed by atoms with Gasteiger partial charge >= 0.3 is 0 Å². The monoisotopic (exact) mass is 209 g/mol. The first-order valence-corrected chi connectivity index (χ1v) is 6.70. The largest absolute Gasteiger partial charge is 0.366 e. The first-order chi connectivity index (χ1) is 6.75. The lowest BCUT2D eigenvalue weighted by molar-refractivity contribution is 0.0278. The van der Waals surface area contributed by atoms with Crippen LogP contribution < -0.4 is 0 Å². The van der Waals surface area contributed by atoms with E-state index in [4.69, 9.17) is 4.74 Å². The van der Waals surface area contributed by atoms with E-state index in [0.717, 1.165) is 0 Å². The molecule has 0 saturated carbocycles. The van der Waals surface area contributed by atoms with Gasteiger partial charge in [0.1, 0.15) is 23.7 Å². The van der Waals surface area contributed by atoms with Gasteiger partial charge in [-0.3, -0.25) is 0 Å². The summed E-state index contributed by atoms with van der Waals surface area (Å²) in [6.45, 7) is 4.36. The lowest BCUT2D eigenvalue weighted by Gasteiger charge is -2.25. The summed E-state index contributed by atoms with van der Waals surface area (Å²) in [5.74, 6) is 2.38. The maximum atomic E-state index is 5.74. The minimum Gasteiger partial charge on any atom is -0.366 e. The molecule has 2 heteroatoms. The van der Waals surface area contributed by atoms with Gasteiger partial charge in [-0.1, -0.05) is 18.2 Å². The molecule has 2 unspecified atom stereocenters. The van der Waals surface area contributed by atoms with Crippen LogP contribution in [-0.4, -0.2) is 23.7 Å². The third kappa shape index (κ3) is 2.31. The van der Waals surface area contributed by atoms with E-state index in [2.05, 4.69) is 44.2 Å². The van der Waals surface area contributed by atoms with E-state index in [1.54, 1.807) is 0 Å². The van der Waals surface area contributed by atoms with E-state index in [1.807, 2.05) is 0 Å². The van der Waals surface area contributed by atoms with Crippen molar-refractivity contribution in [1.82, 2.24) is 0 Å².